The average molecular weight is 412 g/mol. The molecule has 1 N–H and O–H groups in total. The minimum Gasteiger partial charge on any atom is -0.508 e. The number of phenolic OH excluding ortho intramolecular Hbond substituents is 1. The Labute approximate surface area is 175 Å². The van der Waals surface area contributed by atoms with Gasteiger partial charge in [0.2, 0.25) is 0 Å². The second-order valence-electron chi connectivity index (χ2n) is 7.57. The number of hydrogen-bond donors (Lipinski definition) is 1. The maximum Gasteiger partial charge on any atom is 0.125 e. The van der Waals surface area contributed by atoms with Gasteiger partial charge in [0, 0.05) is 41.4 Å². The zero-order valence-corrected chi connectivity index (χ0v) is 17.0. The first-order chi connectivity index (χ1) is 14.0. The van der Waals surface area contributed by atoms with Crippen LogP contribution in [0.5, 0.6) is 5.75 Å². The minimum atomic E-state index is -0.256. The van der Waals surface area contributed by atoms with Crippen LogP contribution in [0.2, 0.25) is 5.02 Å². The molecule has 1 fully saturated rings. The van der Waals surface area contributed by atoms with Crippen molar-refractivity contribution in [1.82, 2.24) is 14.9 Å². The van der Waals surface area contributed by atoms with Crippen LogP contribution in [0.4, 0.5) is 4.39 Å². The first kappa shape index (κ1) is 19.8. The summed E-state index contributed by atoms with van der Waals surface area (Å²) in [6.45, 7) is 4.32. The van der Waals surface area contributed by atoms with Gasteiger partial charge in [-0.1, -0.05) is 23.7 Å². The van der Waals surface area contributed by atoms with Crippen LogP contribution in [0.3, 0.4) is 0 Å². The van der Waals surface area contributed by atoms with Crippen molar-refractivity contribution in [2.45, 2.75) is 32.2 Å². The number of benzene rings is 2. The zero-order valence-electron chi connectivity index (χ0n) is 16.3. The molecule has 0 saturated carbocycles. The fourth-order valence-electron chi connectivity index (χ4n) is 3.99. The predicted octanol–water partition coefficient (Wildman–Crippen LogP) is 5.33. The lowest BCUT2D eigenvalue weighted by molar-refractivity contribution is 0.196. The summed E-state index contributed by atoms with van der Waals surface area (Å²) in [5.41, 5.74) is 3.71. The quantitative estimate of drug-likeness (QED) is 0.630. The molecule has 1 aliphatic heterocycles. The lowest BCUT2D eigenvalue weighted by Gasteiger charge is -2.33. The van der Waals surface area contributed by atoms with Crippen molar-refractivity contribution >= 4 is 11.6 Å². The van der Waals surface area contributed by atoms with Crippen molar-refractivity contribution in [2.24, 2.45) is 0 Å². The molecule has 3 aromatic rings. The van der Waals surface area contributed by atoms with E-state index in [0.717, 1.165) is 54.1 Å². The van der Waals surface area contributed by atoms with E-state index in [2.05, 4.69) is 9.88 Å². The topological polar surface area (TPSA) is 49.2 Å². The van der Waals surface area contributed by atoms with Crippen LogP contribution in [-0.2, 0) is 6.54 Å². The third-order valence-corrected chi connectivity index (χ3v) is 5.66. The molecule has 0 radical (unpaired) electrons. The number of nitrogens with zero attached hydrogens (tertiary/aromatic N) is 3. The Morgan fingerprint density at radius 2 is 2.00 bits per heavy atom. The maximum absolute atomic E-state index is 13.4. The van der Waals surface area contributed by atoms with Gasteiger partial charge in [0.25, 0.3) is 0 Å². The van der Waals surface area contributed by atoms with Gasteiger partial charge >= 0.3 is 0 Å². The number of aryl methyl sites for hydroxylation is 1. The van der Waals surface area contributed by atoms with Gasteiger partial charge in [-0.15, -0.1) is 0 Å². The van der Waals surface area contributed by atoms with E-state index >= 15 is 0 Å². The Bertz CT molecular complexity index is 1010. The van der Waals surface area contributed by atoms with Gasteiger partial charge in [0.05, 0.1) is 5.69 Å². The van der Waals surface area contributed by atoms with Crippen LogP contribution < -0.4 is 0 Å². The van der Waals surface area contributed by atoms with Crippen molar-refractivity contribution in [3.8, 4) is 16.9 Å². The van der Waals surface area contributed by atoms with Crippen molar-refractivity contribution in [2.75, 3.05) is 13.1 Å². The molecule has 1 saturated heterocycles. The smallest absolute Gasteiger partial charge is 0.125 e. The third kappa shape index (κ3) is 4.57. The van der Waals surface area contributed by atoms with Crippen molar-refractivity contribution < 1.29 is 9.50 Å². The molecule has 0 unspecified atom stereocenters. The predicted molar refractivity (Wildman–Crippen MR) is 113 cm³/mol. The summed E-state index contributed by atoms with van der Waals surface area (Å²) >= 11 is 6.10. The fourth-order valence-corrected chi connectivity index (χ4v) is 4.19. The first-order valence-corrected chi connectivity index (χ1v) is 10.2. The third-order valence-electron chi connectivity index (χ3n) is 5.42. The molecule has 2 heterocycles. The number of phenols is 1. The molecule has 1 atom stereocenters. The number of halogens is 2. The van der Waals surface area contributed by atoms with Crippen LogP contribution >= 0.6 is 11.6 Å². The summed E-state index contributed by atoms with van der Waals surface area (Å²) in [4.78, 5) is 11.5. The van der Waals surface area contributed by atoms with Crippen molar-refractivity contribution in [3.63, 3.8) is 0 Å². The molecule has 1 aromatic heterocycles. The van der Waals surface area contributed by atoms with Crippen LogP contribution in [0.25, 0.3) is 11.1 Å². The highest BCUT2D eigenvalue weighted by atomic mass is 35.5. The van der Waals surface area contributed by atoms with E-state index in [4.69, 9.17) is 16.6 Å². The van der Waals surface area contributed by atoms with E-state index in [0.29, 0.717) is 11.6 Å². The molecule has 29 heavy (non-hydrogen) atoms. The molecule has 4 rings (SSSR count). The van der Waals surface area contributed by atoms with E-state index in [-0.39, 0.29) is 17.5 Å². The number of likely N-dealkylation sites (tertiary alicyclic amines) is 1. The Morgan fingerprint density at radius 3 is 2.79 bits per heavy atom. The van der Waals surface area contributed by atoms with Gasteiger partial charge in [-0.3, -0.25) is 4.90 Å². The molecule has 4 nitrogen and oxygen atoms in total. The monoisotopic (exact) mass is 411 g/mol. The molecular weight excluding hydrogens is 389 g/mol. The van der Waals surface area contributed by atoms with Crippen LogP contribution in [0, 0.1) is 12.7 Å². The normalized spacial score (nSPS) is 17.4. The van der Waals surface area contributed by atoms with E-state index < -0.39 is 0 Å². The molecule has 0 aliphatic carbocycles. The second kappa shape index (κ2) is 8.47. The Hall–Kier alpha value is -2.50. The summed E-state index contributed by atoms with van der Waals surface area (Å²) in [6, 6.07) is 11.6. The summed E-state index contributed by atoms with van der Waals surface area (Å²) in [5.74, 6) is 0.984. The largest absolute Gasteiger partial charge is 0.508 e. The highest BCUT2D eigenvalue weighted by Crippen LogP contribution is 2.34. The molecule has 6 heteroatoms. The summed E-state index contributed by atoms with van der Waals surface area (Å²) in [7, 11) is 0. The molecule has 1 aliphatic rings. The SMILES string of the molecule is Cc1ncc(-c2ccc(F)cc2)c([C@H]2CCCN(Cc3cc(Cl)ccc3O)C2)n1. The van der Waals surface area contributed by atoms with Crippen molar-refractivity contribution in [1.29, 1.82) is 0 Å². The lowest BCUT2D eigenvalue weighted by atomic mass is 9.89. The van der Waals surface area contributed by atoms with E-state index in [1.165, 1.54) is 12.1 Å². The van der Waals surface area contributed by atoms with E-state index in [1.54, 1.807) is 24.3 Å². The zero-order chi connectivity index (χ0) is 20.4. The molecule has 150 valence electrons. The minimum absolute atomic E-state index is 0.242. The van der Waals surface area contributed by atoms with Crippen LogP contribution in [0.1, 0.15) is 35.8 Å². The number of rotatable bonds is 4. The second-order valence-corrected chi connectivity index (χ2v) is 8.01. The Kier molecular flexibility index (Phi) is 5.79. The van der Waals surface area contributed by atoms with E-state index in [1.807, 2.05) is 19.2 Å². The van der Waals surface area contributed by atoms with Crippen LogP contribution in [-0.4, -0.2) is 33.1 Å². The fraction of sp³-hybridized carbons (Fsp3) is 0.304. The maximum atomic E-state index is 13.4. The van der Waals surface area contributed by atoms with Gasteiger partial charge in [-0.05, 0) is 62.2 Å². The standard InChI is InChI=1S/C23H23ClFN3O/c1-15-26-12-21(16-4-7-20(25)8-5-16)23(27-15)17-3-2-10-28(13-17)14-18-11-19(24)6-9-22(18)29/h4-9,11-12,17,29H,2-3,10,13-14H2,1H3/t17-/m0/s1. The molecule has 0 spiro atoms. The van der Waals surface area contributed by atoms with Crippen LogP contribution in [0.15, 0.2) is 48.7 Å². The molecule has 2 aromatic carbocycles. The number of hydrogen-bond acceptors (Lipinski definition) is 4. The highest BCUT2D eigenvalue weighted by molar-refractivity contribution is 6.30. The summed E-state index contributed by atoms with van der Waals surface area (Å²) in [6.07, 6.45) is 3.91. The number of aromatic nitrogens is 2. The lowest BCUT2D eigenvalue weighted by Crippen LogP contribution is -2.34. The van der Waals surface area contributed by atoms with Gasteiger partial charge in [-0.25, -0.2) is 14.4 Å². The summed E-state index contributed by atoms with van der Waals surface area (Å²) in [5, 5.41) is 10.8. The van der Waals surface area contributed by atoms with Gasteiger partial charge in [-0.2, -0.15) is 0 Å². The molecule has 0 amide bonds. The van der Waals surface area contributed by atoms with Gasteiger partial charge in [0.1, 0.15) is 17.4 Å². The molecular formula is C23H23ClFN3O. The summed E-state index contributed by atoms with van der Waals surface area (Å²) < 4.78 is 13.4. The average Bonchev–Trinajstić information content (AvgIpc) is 2.72. The number of aromatic hydroxyl groups is 1. The van der Waals surface area contributed by atoms with Gasteiger partial charge < -0.3 is 5.11 Å². The Balaban J connectivity index is 1.60. The highest BCUT2D eigenvalue weighted by Gasteiger charge is 2.26. The number of piperidine rings is 1. The van der Waals surface area contributed by atoms with Crippen molar-refractivity contribution in [3.05, 3.63) is 76.6 Å². The first-order valence-electron chi connectivity index (χ1n) is 9.79. The molecule has 0 bridgehead atoms. The van der Waals surface area contributed by atoms with Gasteiger partial charge in [0.15, 0.2) is 0 Å². The van der Waals surface area contributed by atoms with E-state index in [9.17, 15) is 9.50 Å². The Morgan fingerprint density at radius 1 is 1.21 bits per heavy atom.